The van der Waals surface area contributed by atoms with Crippen LogP contribution in [0.4, 0.5) is 5.95 Å². The molecule has 17 heavy (non-hydrogen) atoms. The quantitative estimate of drug-likeness (QED) is 0.859. The molecule has 0 spiro atoms. The second kappa shape index (κ2) is 5.35. The van der Waals surface area contributed by atoms with Crippen LogP contribution < -0.4 is 10.9 Å². The van der Waals surface area contributed by atoms with Gasteiger partial charge in [0.25, 0.3) is 5.56 Å². The lowest BCUT2D eigenvalue weighted by Gasteiger charge is -2.16. The maximum Gasteiger partial charge on any atom is 0.252 e. The second-order valence-corrected chi connectivity index (χ2v) is 6.49. The summed E-state index contributed by atoms with van der Waals surface area (Å²) < 4.78 is 0.0325. The van der Waals surface area contributed by atoms with Crippen molar-refractivity contribution in [3.05, 3.63) is 22.1 Å². The molecule has 0 radical (unpaired) electrons. The van der Waals surface area contributed by atoms with Crippen molar-refractivity contribution in [2.75, 3.05) is 11.1 Å². The molecule has 1 aromatic rings. The number of nitrogens with one attached hydrogen (secondary N) is 2. The molecule has 6 heteroatoms. The van der Waals surface area contributed by atoms with E-state index in [-0.39, 0.29) is 22.2 Å². The molecule has 0 saturated heterocycles. The maximum absolute atomic E-state index is 11.6. The van der Waals surface area contributed by atoms with Gasteiger partial charge in [0.1, 0.15) is 0 Å². The number of hydrogen-bond donors (Lipinski definition) is 2. The zero-order valence-electron chi connectivity index (χ0n) is 10.5. The number of H-pyrrole nitrogens is 1. The molecule has 0 saturated carbocycles. The third kappa shape index (κ3) is 5.53. The maximum atomic E-state index is 11.6. The number of aromatic amines is 1. The molecule has 1 amide bonds. The smallest absolute Gasteiger partial charge is 0.252 e. The van der Waals surface area contributed by atoms with Gasteiger partial charge in [-0.2, -0.15) is 0 Å². The van der Waals surface area contributed by atoms with Crippen LogP contribution in [-0.2, 0) is 4.79 Å². The van der Waals surface area contributed by atoms with Gasteiger partial charge in [0.2, 0.25) is 11.9 Å². The lowest BCUT2D eigenvalue weighted by Crippen LogP contribution is -2.22. The summed E-state index contributed by atoms with van der Waals surface area (Å²) in [5.74, 6) is 0.370. The van der Waals surface area contributed by atoms with Gasteiger partial charge in [-0.05, 0) is 6.92 Å². The van der Waals surface area contributed by atoms with Crippen LogP contribution >= 0.6 is 11.8 Å². The van der Waals surface area contributed by atoms with E-state index >= 15 is 0 Å². The second-order valence-electron chi connectivity index (χ2n) is 4.68. The highest BCUT2D eigenvalue weighted by Gasteiger charge is 2.13. The number of anilines is 1. The fourth-order valence-corrected chi connectivity index (χ4v) is 1.72. The molecule has 0 bridgehead atoms. The van der Waals surface area contributed by atoms with Crippen molar-refractivity contribution in [2.24, 2.45) is 0 Å². The molecular weight excluding hydrogens is 238 g/mol. The Morgan fingerprint density at radius 1 is 1.53 bits per heavy atom. The highest BCUT2D eigenvalue weighted by atomic mass is 32.2. The molecule has 0 aliphatic heterocycles. The Morgan fingerprint density at radius 2 is 2.18 bits per heavy atom. The van der Waals surface area contributed by atoms with Crippen LogP contribution in [0.3, 0.4) is 0 Å². The minimum atomic E-state index is -0.267. The number of carbonyl (C=O) groups excluding carboxylic acids is 1. The van der Waals surface area contributed by atoms with Crippen LogP contribution in [0.15, 0.2) is 10.9 Å². The van der Waals surface area contributed by atoms with E-state index in [1.807, 2.05) is 20.8 Å². The van der Waals surface area contributed by atoms with Gasteiger partial charge < -0.3 is 0 Å². The van der Waals surface area contributed by atoms with Gasteiger partial charge in [0.15, 0.2) is 0 Å². The summed E-state index contributed by atoms with van der Waals surface area (Å²) in [6, 6.07) is 1.37. The van der Waals surface area contributed by atoms with E-state index < -0.39 is 0 Å². The van der Waals surface area contributed by atoms with Gasteiger partial charge in [0.05, 0.1) is 5.75 Å². The minimum absolute atomic E-state index is 0.0325. The van der Waals surface area contributed by atoms with E-state index in [0.29, 0.717) is 11.4 Å². The number of carbonyl (C=O) groups is 1. The first-order valence-corrected chi connectivity index (χ1v) is 6.26. The van der Waals surface area contributed by atoms with Crippen LogP contribution in [0.25, 0.3) is 0 Å². The molecule has 0 aromatic carbocycles. The summed E-state index contributed by atoms with van der Waals surface area (Å²) in [6.45, 7) is 7.82. The van der Waals surface area contributed by atoms with Gasteiger partial charge in [-0.15, -0.1) is 11.8 Å². The zero-order chi connectivity index (χ0) is 13.1. The van der Waals surface area contributed by atoms with E-state index in [1.165, 1.54) is 17.8 Å². The van der Waals surface area contributed by atoms with E-state index in [2.05, 4.69) is 15.3 Å². The Labute approximate surface area is 104 Å². The molecule has 2 N–H and O–H groups in total. The third-order valence-electron chi connectivity index (χ3n) is 1.76. The molecule has 0 fully saturated rings. The molecular formula is C11H17N3O2S. The molecule has 0 unspecified atom stereocenters. The number of aryl methyl sites for hydroxylation is 1. The lowest BCUT2D eigenvalue weighted by atomic mass is 10.3. The van der Waals surface area contributed by atoms with E-state index in [1.54, 1.807) is 6.92 Å². The standard InChI is InChI=1S/C11H17N3O2S/c1-7-5-8(15)13-10(12-7)14-9(16)6-17-11(2,3)4/h5H,6H2,1-4H3,(H2,12,13,14,15,16). The lowest BCUT2D eigenvalue weighted by molar-refractivity contribution is -0.113. The van der Waals surface area contributed by atoms with Gasteiger partial charge in [-0.1, -0.05) is 20.8 Å². The SMILES string of the molecule is Cc1cc(=O)[nH]c(NC(=O)CSC(C)(C)C)n1. The molecule has 1 rings (SSSR count). The number of hydrogen-bond acceptors (Lipinski definition) is 4. The number of nitrogens with zero attached hydrogens (tertiary/aromatic N) is 1. The van der Waals surface area contributed by atoms with Crippen molar-refractivity contribution in [3.63, 3.8) is 0 Å². The molecule has 1 aromatic heterocycles. The van der Waals surface area contributed by atoms with Crippen molar-refractivity contribution < 1.29 is 4.79 Å². The summed E-state index contributed by atoms with van der Waals surface area (Å²) in [4.78, 5) is 29.2. The monoisotopic (exact) mass is 255 g/mol. The topological polar surface area (TPSA) is 74.8 Å². The molecule has 0 atom stereocenters. The fourth-order valence-electron chi connectivity index (χ4n) is 1.09. The highest BCUT2D eigenvalue weighted by Crippen LogP contribution is 2.22. The van der Waals surface area contributed by atoms with E-state index in [4.69, 9.17) is 0 Å². The van der Waals surface area contributed by atoms with Crippen molar-refractivity contribution in [1.82, 2.24) is 9.97 Å². The Bertz CT molecular complexity index is 463. The van der Waals surface area contributed by atoms with Crippen molar-refractivity contribution in [3.8, 4) is 0 Å². The largest absolute Gasteiger partial charge is 0.295 e. The molecule has 5 nitrogen and oxygen atoms in total. The third-order valence-corrected chi connectivity index (χ3v) is 3.04. The number of thioether (sulfide) groups is 1. The predicted octanol–water partition coefficient (Wildman–Crippen LogP) is 1.55. The average molecular weight is 255 g/mol. The van der Waals surface area contributed by atoms with Crippen LogP contribution in [0.2, 0.25) is 0 Å². The predicted molar refractivity (Wildman–Crippen MR) is 70.4 cm³/mol. The molecule has 0 aliphatic carbocycles. The number of amides is 1. The summed E-state index contributed by atoms with van der Waals surface area (Å²) >= 11 is 1.54. The molecule has 0 aliphatic rings. The Balaban J connectivity index is 2.59. The van der Waals surface area contributed by atoms with Gasteiger partial charge in [0, 0.05) is 16.5 Å². The highest BCUT2D eigenvalue weighted by molar-refractivity contribution is 8.01. The van der Waals surface area contributed by atoms with Crippen molar-refractivity contribution in [2.45, 2.75) is 32.4 Å². The van der Waals surface area contributed by atoms with Gasteiger partial charge in [-0.3, -0.25) is 19.9 Å². The molecule has 94 valence electrons. The van der Waals surface area contributed by atoms with Gasteiger partial charge in [-0.25, -0.2) is 4.98 Å². The van der Waals surface area contributed by atoms with Crippen LogP contribution in [-0.4, -0.2) is 26.4 Å². The average Bonchev–Trinajstić information content (AvgIpc) is 2.11. The Morgan fingerprint density at radius 3 is 2.71 bits per heavy atom. The first-order chi connectivity index (χ1) is 7.76. The Hall–Kier alpha value is -1.30. The number of rotatable bonds is 3. The van der Waals surface area contributed by atoms with Crippen molar-refractivity contribution in [1.29, 1.82) is 0 Å². The first kappa shape index (κ1) is 13.8. The van der Waals surface area contributed by atoms with Crippen LogP contribution in [0.1, 0.15) is 26.5 Å². The Kier molecular flexibility index (Phi) is 4.34. The summed E-state index contributed by atoms with van der Waals surface area (Å²) in [5.41, 5.74) is 0.309. The van der Waals surface area contributed by atoms with Crippen LogP contribution in [0.5, 0.6) is 0 Å². The normalized spacial score (nSPS) is 11.3. The summed E-state index contributed by atoms with van der Waals surface area (Å²) in [5, 5.41) is 2.57. The minimum Gasteiger partial charge on any atom is -0.295 e. The number of aromatic nitrogens is 2. The zero-order valence-corrected chi connectivity index (χ0v) is 11.3. The van der Waals surface area contributed by atoms with Crippen molar-refractivity contribution >= 4 is 23.6 Å². The van der Waals surface area contributed by atoms with E-state index in [0.717, 1.165) is 0 Å². The summed E-state index contributed by atoms with van der Waals surface area (Å²) in [6.07, 6.45) is 0. The fraction of sp³-hybridized carbons (Fsp3) is 0.545. The first-order valence-electron chi connectivity index (χ1n) is 5.28. The van der Waals surface area contributed by atoms with Gasteiger partial charge >= 0.3 is 0 Å². The summed E-state index contributed by atoms with van der Waals surface area (Å²) in [7, 11) is 0. The van der Waals surface area contributed by atoms with Crippen LogP contribution in [0, 0.1) is 6.92 Å². The van der Waals surface area contributed by atoms with E-state index in [9.17, 15) is 9.59 Å². The molecule has 1 heterocycles.